The lowest BCUT2D eigenvalue weighted by Gasteiger charge is -1.98. The lowest BCUT2D eigenvalue weighted by atomic mass is 10.1. The summed E-state index contributed by atoms with van der Waals surface area (Å²) in [4.78, 5) is 0. The van der Waals surface area contributed by atoms with Crippen molar-refractivity contribution in [2.75, 3.05) is 0 Å². The quantitative estimate of drug-likeness (QED) is 0.187. The summed E-state index contributed by atoms with van der Waals surface area (Å²) in [6.45, 7) is 4.54. The molecule has 0 saturated carbocycles. The van der Waals surface area contributed by atoms with Crippen molar-refractivity contribution < 1.29 is 0 Å². The van der Waals surface area contributed by atoms with Crippen LogP contribution in [0.5, 0.6) is 0 Å². The lowest BCUT2D eigenvalue weighted by molar-refractivity contribution is 0.610. The van der Waals surface area contributed by atoms with Gasteiger partial charge in [-0.1, -0.05) is 95.9 Å². The van der Waals surface area contributed by atoms with Gasteiger partial charge in [0.1, 0.15) is 0 Å². The van der Waals surface area contributed by atoms with Crippen molar-refractivity contribution in [3.8, 4) is 0 Å². The van der Waals surface area contributed by atoms with Gasteiger partial charge in [-0.3, -0.25) is 0 Å². The monoisotopic (exact) mass is 306 g/mol. The molecule has 0 N–H and O–H groups in total. The van der Waals surface area contributed by atoms with Crippen molar-refractivity contribution in [2.45, 2.75) is 117 Å². The van der Waals surface area contributed by atoms with E-state index in [1.165, 1.54) is 103 Å². The Labute approximate surface area is 141 Å². The highest BCUT2D eigenvalue weighted by molar-refractivity contribution is 4.82. The highest BCUT2D eigenvalue weighted by Gasteiger charge is 1.89. The van der Waals surface area contributed by atoms with E-state index in [-0.39, 0.29) is 0 Å². The molecule has 0 radical (unpaired) electrons. The predicted molar refractivity (Wildman–Crippen MR) is 104 cm³/mol. The molecule has 0 aliphatic heterocycles. The van der Waals surface area contributed by atoms with Crippen LogP contribution in [0.25, 0.3) is 0 Å². The van der Waals surface area contributed by atoms with E-state index in [4.69, 9.17) is 0 Å². The maximum atomic E-state index is 2.41. The Kier molecular flexibility index (Phi) is 20.0. The molecule has 0 aromatic rings. The van der Waals surface area contributed by atoms with Gasteiger partial charge in [-0.25, -0.2) is 0 Å². The zero-order valence-electron chi connectivity index (χ0n) is 15.6. The van der Waals surface area contributed by atoms with Crippen molar-refractivity contribution in [2.24, 2.45) is 0 Å². The molecule has 0 unspecified atom stereocenters. The van der Waals surface area contributed by atoms with Crippen LogP contribution < -0.4 is 0 Å². The van der Waals surface area contributed by atoms with E-state index in [1.54, 1.807) is 0 Å². The number of allylic oxidation sites excluding steroid dienone is 4. The molecule has 22 heavy (non-hydrogen) atoms. The molecule has 0 fully saturated rings. The number of unbranched alkanes of at least 4 members (excludes halogenated alkanes) is 13. The second-order valence-electron chi connectivity index (χ2n) is 6.63. The normalized spacial score (nSPS) is 11.9. The van der Waals surface area contributed by atoms with Gasteiger partial charge in [0.15, 0.2) is 0 Å². The molecule has 0 rings (SSSR count). The first-order valence-electron chi connectivity index (χ1n) is 10.2. The van der Waals surface area contributed by atoms with Gasteiger partial charge in [0.05, 0.1) is 0 Å². The Bertz CT molecular complexity index is 236. The van der Waals surface area contributed by atoms with Crippen molar-refractivity contribution >= 4 is 0 Å². The first-order chi connectivity index (χ1) is 10.9. The minimum atomic E-state index is 1.28. The van der Waals surface area contributed by atoms with Gasteiger partial charge in [0.25, 0.3) is 0 Å². The summed E-state index contributed by atoms with van der Waals surface area (Å²) in [6.07, 6.45) is 31.5. The fourth-order valence-corrected chi connectivity index (χ4v) is 2.71. The summed E-state index contributed by atoms with van der Waals surface area (Å²) < 4.78 is 0. The van der Waals surface area contributed by atoms with Crippen LogP contribution in [0, 0.1) is 0 Å². The summed E-state index contributed by atoms with van der Waals surface area (Å²) in [5, 5.41) is 0. The van der Waals surface area contributed by atoms with Crippen LogP contribution in [0.3, 0.4) is 0 Å². The third kappa shape index (κ3) is 19.5. The van der Waals surface area contributed by atoms with Gasteiger partial charge in [-0.2, -0.15) is 0 Å². The van der Waals surface area contributed by atoms with Crippen LogP contribution in [-0.4, -0.2) is 0 Å². The number of rotatable bonds is 17. The fraction of sp³-hybridized carbons (Fsp3) is 0.818. The zero-order chi connectivity index (χ0) is 16.1. The van der Waals surface area contributed by atoms with Crippen LogP contribution in [0.15, 0.2) is 24.3 Å². The third-order valence-corrected chi connectivity index (χ3v) is 4.27. The molecule has 0 heterocycles. The molecule has 0 aliphatic carbocycles. The van der Waals surface area contributed by atoms with Gasteiger partial charge in [-0.05, 0) is 44.9 Å². The maximum absolute atomic E-state index is 2.41. The molecular formula is C22H42. The first-order valence-corrected chi connectivity index (χ1v) is 10.2. The molecule has 0 amide bonds. The van der Waals surface area contributed by atoms with Crippen LogP contribution in [0.4, 0.5) is 0 Å². The minimum Gasteiger partial charge on any atom is -0.0885 e. The van der Waals surface area contributed by atoms with Crippen molar-refractivity contribution in [3.05, 3.63) is 24.3 Å². The lowest BCUT2D eigenvalue weighted by Crippen LogP contribution is -1.78. The van der Waals surface area contributed by atoms with Crippen LogP contribution >= 0.6 is 0 Å². The van der Waals surface area contributed by atoms with E-state index in [0.717, 1.165) is 0 Å². The third-order valence-electron chi connectivity index (χ3n) is 4.27. The highest BCUT2D eigenvalue weighted by atomic mass is 14.0. The van der Waals surface area contributed by atoms with Crippen LogP contribution in [0.2, 0.25) is 0 Å². The Morgan fingerprint density at radius 2 is 0.682 bits per heavy atom. The zero-order valence-corrected chi connectivity index (χ0v) is 15.6. The smallest absolute Gasteiger partial charge is 0.0351 e. The average Bonchev–Trinajstić information content (AvgIpc) is 2.54. The molecule has 0 aliphatic rings. The molecule has 0 aromatic carbocycles. The summed E-state index contributed by atoms with van der Waals surface area (Å²) in [5.74, 6) is 0. The molecule has 0 aromatic heterocycles. The van der Waals surface area contributed by atoms with Gasteiger partial charge in [0.2, 0.25) is 0 Å². The fourth-order valence-electron chi connectivity index (χ4n) is 2.71. The van der Waals surface area contributed by atoms with Gasteiger partial charge >= 0.3 is 0 Å². The Morgan fingerprint density at radius 1 is 0.364 bits per heavy atom. The van der Waals surface area contributed by atoms with Gasteiger partial charge in [0, 0.05) is 0 Å². The van der Waals surface area contributed by atoms with Crippen molar-refractivity contribution in [3.63, 3.8) is 0 Å². The predicted octanol–water partition coefficient (Wildman–Crippen LogP) is 8.38. The van der Waals surface area contributed by atoms with Crippen molar-refractivity contribution in [1.29, 1.82) is 0 Å². The SMILES string of the molecule is CCCCC=CCCCCCCC=CCCCCCCCC. The topological polar surface area (TPSA) is 0 Å². The minimum absolute atomic E-state index is 1.28. The van der Waals surface area contributed by atoms with E-state index < -0.39 is 0 Å². The second-order valence-corrected chi connectivity index (χ2v) is 6.63. The highest BCUT2D eigenvalue weighted by Crippen LogP contribution is 2.09. The van der Waals surface area contributed by atoms with E-state index in [1.807, 2.05) is 0 Å². The van der Waals surface area contributed by atoms with E-state index in [0.29, 0.717) is 0 Å². The Morgan fingerprint density at radius 3 is 1.09 bits per heavy atom. The standard InChI is InChI=1S/C22H42/c1-3-5-7-9-11-13-15-17-19-21-22-20-18-16-14-12-10-8-6-4-2/h9,11,18,20H,3-8,10,12-17,19,21-22H2,1-2H3. The summed E-state index contributed by atoms with van der Waals surface area (Å²) in [6, 6.07) is 0. The Hall–Kier alpha value is -0.520. The van der Waals surface area contributed by atoms with Crippen molar-refractivity contribution in [1.82, 2.24) is 0 Å². The van der Waals surface area contributed by atoms with Crippen LogP contribution in [0.1, 0.15) is 117 Å². The Balaban J connectivity index is 3.09. The summed E-state index contributed by atoms with van der Waals surface area (Å²) in [7, 11) is 0. The number of hydrogen-bond donors (Lipinski definition) is 0. The maximum Gasteiger partial charge on any atom is -0.0351 e. The summed E-state index contributed by atoms with van der Waals surface area (Å²) in [5.41, 5.74) is 0. The summed E-state index contributed by atoms with van der Waals surface area (Å²) >= 11 is 0. The van der Waals surface area contributed by atoms with Gasteiger partial charge < -0.3 is 0 Å². The van der Waals surface area contributed by atoms with E-state index in [2.05, 4.69) is 38.2 Å². The second kappa shape index (κ2) is 20.5. The molecule has 0 heteroatoms. The molecular weight excluding hydrogens is 264 g/mol. The van der Waals surface area contributed by atoms with E-state index >= 15 is 0 Å². The molecule has 0 bridgehead atoms. The first kappa shape index (κ1) is 21.5. The molecule has 130 valence electrons. The molecule has 0 nitrogen and oxygen atoms in total. The largest absolute Gasteiger partial charge is 0.0885 e. The van der Waals surface area contributed by atoms with Crippen LogP contribution in [-0.2, 0) is 0 Å². The van der Waals surface area contributed by atoms with Gasteiger partial charge in [-0.15, -0.1) is 0 Å². The van der Waals surface area contributed by atoms with E-state index in [9.17, 15) is 0 Å². The average molecular weight is 307 g/mol. The molecule has 0 saturated heterocycles. The molecule has 0 spiro atoms. The number of hydrogen-bond acceptors (Lipinski definition) is 0. The molecule has 0 atom stereocenters.